The summed E-state index contributed by atoms with van der Waals surface area (Å²) >= 11 is 0. The maximum atomic E-state index is 11.6. The predicted octanol–water partition coefficient (Wildman–Crippen LogP) is -4.02. The van der Waals surface area contributed by atoms with Gasteiger partial charge >= 0.3 is 0 Å². The Labute approximate surface area is 119 Å². The average Bonchev–Trinajstić information content (AvgIpc) is 2.92. The number of ether oxygens (including phenoxy) is 1. The average molecular weight is 303 g/mol. The summed E-state index contributed by atoms with van der Waals surface area (Å²) in [5.41, 5.74) is 0. The number of amidine groups is 1. The molecule has 0 saturated carbocycles. The zero-order chi connectivity index (χ0) is 13.6. The largest absolute Gasteiger partial charge is 0.412 e. The third kappa shape index (κ3) is 2.77. The highest BCUT2D eigenvalue weighted by molar-refractivity contribution is 6.23. The summed E-state index contributed by atoms with van der Waals surface area (Å²) < 4.78 is 5.48. The van der Waals surface area contributed by atoms with Crippen LogP contribution in [0.4, 0.5) is 0 Å². The first-order chi connectivity index (χ1) is 9.10. The molecule has 0 bridgehead atoms. The molecule has 0 aromatic heterocycles. The second kappa shape index (κ2) is 6.24. The molecule has 11 nitrogen and oxygen atoms in total. The van der Waals surface area contributed by atoms with Crippen LogP contribution in [0.3, 0.4) is 0 Å². The maximum Gasteiger partial charge on any atom is 0.259 e. The van der Waals surface area contributed by atoms with Gasteiger partial charge in [0.2, 0.25) is 5.96 Å². The Balaban J connectivity index is 0.00000110. The standard InChI is InChI=1S/C10H13N5O4.2H2O/c11-10-13-8-7(9(18)14-10)12-3-15(8)6-1-4(17)5(2-16)19-6;;/h3-7,16-17H,1-2H2,(H2,11,14,18);2*1H2/t4-,5+,6+,7?;;/m0../s1. The molecule has 0 aromatic carbocycles. The number of nitrogens with one attached hydrogen (secondary N) is 2. The van der Waals surface area contributed by atoms with Crippen molar-refractivity contribution in [3.8, 4) is 0 Å². The summed E-state index contributed by atoms with van der Waals surface area (Å²) in [6.45, 7) is -0.283. The Morgan fingerprint density at radius 2 is 2.24 bits per heavy atom. The van der Waals surface area contributed by atoms with E-state index in [-0.39, 0.29) is 29.9 Å². The molecule has 21 heavy (non-hydrogen) atoms. The van der Waals surface area contributed by atoms with Gasteiger partial charge in [0, 0.05) is 6.42 Å². The van der Waals surface area contributed by atoms with Gasteiger partial charge < -0.3 is 25.9 Å². The molecule has 3 rings (SSSR count). The third-order valence-electron chi connectivity index (χ3n) is 3.26. The zero-order valence-electron chi connectivity index (χ0n) is 10.9. The van der Waals surface area contributed by atoms with Crippen LogP contribution < -0.4 is 5.32 Å². The molecule has 0 radical (unpaired) electrons. The molecule has 11 heteroatoms. The number of amides is 1. The molecule has 8 N–H and O–H groups in total. The van der Waals surface area contributed by atoms with Gasteiger partial charge in [0.25, 0.3) is 5.91 Å². The van der Waals surface area contributed by atoms with E-state index in [0.29, 0.717) is 5.84 Å². The van der Waals surface area contributed by atoms with E-state index in [1.54, 1.807) is 0 Å². The third-order valence-corrected chi connectivity index (χ3v) is 3.26. The number of guanidine groups is 1. The Morgan fingerprint density at radius 1 is 1.52 bits per heavy atom. The molecule has 3 aliphatic heterocycles. The number of aliphatic imine (C=N–C) groups is 2. The predicted molar refractivity (Wildman–Crippen MR) is 71.0 cm³/mol. The fourth-order valence-corrected chi connectivity index (χ4v) is 2.31. The van der Waals surface area contributed by atoms with Crippen molar-refractivity contribution in [2.75, 3.05) is 6.61 Å². The molecule has 1 unspecified atom stereocenters. The van der Waals surface area contributed by atoms with Crippen molar-refractivity contribution in [3.05, 3.63) is 0 Å². The minimum atomic E-state index is -0.778. The molecule has 3 heterocycles. The van der Waals surface area contributed by atoms with Crippen molar-refractivity contribution in [3.63, 3.8) is 0 Å². The van der Waals surface area contributed by atoms with Crippen molar-refractivity contribution >= 4 is 24.0 Å². The highest BCUT2D eigenvalue weighted by atomic mass is 16.5. The van der Waals surface area contributed by atoms with Crippen LogP contribution in [0.15, 0.2) is 9.98 Å². The molecule has 1 fully saturated rings. The molecule has 0 aliphatic carbocycles. The molecule has 1 amide bonds. The molecule has 0 aromatic rings. The van der Waals surface area contributed by atoms with E-state index < -0.39 is 30.4 Å². The Kier molecular flexibility index (Phi) is 5.09. The van der Waals surface area contributed by atoms with Crippen LogP contribution in [-0.4, -0.2) is 81.2 Å². The van der Waals surface area contributed by atoms with Crippen LogP contribution in [0, 0.1) is 5.41 Å². The van der Waals surface area contributed by atoms with Gasteiger partial charge in [-0.3, -0.25) is 25.4 Å². The fourth-order valence-electron chi connectivity index (χ4n) is 2.31. The number of hydrogen-bond acceptors (Lipinski definition) is 7. The highest BCUT2D eigenvalue weighted by Gasteiger charge is 2.44. The Morgan fingerprint density at radius 3 is 2.86 bits per heavy atom. The molecule has 0 spiro atoms. The van der Waals surface area contributed by atoms with Gasteiger partial charge in [0.05, 0.1) is 19.0 Å². The number of hydrogen-bond donors (Lipinski definition) is 4. The second-order valence-corrected chi connectivity index (χ2v) is 4.50. The number of fused-ring (bicyclic) bond motifs is 1. The first-order valence-corrected chi connectivity index (χ1v) is 5.84. The van der Waals surface area contributed by atoms with Crippen molar-refractivity contribution in [2.24, 2.45) is 9.98 Å². The van der Waals surface area contributed by atoms with Crippen molar-refractivity contribution < 1.29 is 30.7 Å². The molecule has 3 aliphatic rings. The van der Waals surface area contributed by atoms with E-state index >= 15 is 0 Å². The lowest BCUT2D eigenvalue weighted by Gasteiger charge is -2.26. The lowest BCUT2D eigenvalue weighted by atomic mass is 10.1. The number of aliphatic hydroxyl groups excluding tert-OH is 2. The summed E-state index contributed by atoms with van der Waals surface area (Å²) in [5.74, 6) is -0.348. The van der Waals surface area contributed by atoms with Crippen molar-refractivity contribution in [1.82, 2.24) is 10.2 Å². The number of nitrogens with zero attached hydrogens (tertiary/aromatic N) is 3. The van der Waals surface area contributed by atoms with Gasteiger partial charge in [-0.25, -0.2) is 0 Å². The molecule has 118 valence electrons. The van der Waals surface area contributed by atoms with E-state index in [1.165, 1.54) is 11.2 Å². The van der Waals surface area contributed by atoms with E-state index in [0.717, 1.165) is 0 Å². The van der Waals surface area contributed by atoms with Crippen LogP contribution in [0.1, 0.15) is 6.42 Å². The molecular weight excluding hydrogens is 286 g/mol. The van der Waals surface area contributed by atoms with Crippen molar-refractivity contribution in [1.29, 1.82) is 5.41 Å². The van der Waals surface area contributed by atoms with Gasteiger partial charge in [-0.05, 0) is 0 Å². The normalized spacial score (nSPS) is 33.8. The lowest BCUT2D eigenvalue weighted by Crippen LogP contribution is -2.50. The Bertz CT molecular complexity index is 494. The monoisotopic (exact) mass is 303 g/mol. The fraction of sp³-hybridized carbons (Fsp3) is 0.600. The van der Waals surface area contributed by atoms with Gasteiger partial charge in [-0.2, -0.15) is 4.99 Å². The summed E-state index contributed by atoms with van der Waals surface area (Å²) in [5, 5.41) is 28.4. The summed E-state index contributed by atoms with van der Waals surface area (Å²) in [6.07, 6.45) is -0.287. The van der Waals surface area contributed by atoms with Crippen LogP contribution in [0.25, 0.3) is 0 Å². The summed E-state index contributed by atoms with van der Waals surface area (Å²) in [7, 11) is 0. The van der Waals surface area contributed by atoms with E-state index in [1.807, 2.05) is 0 Å². The minimum absolute atomic E-state index is 0. The summed E-state index contributed by atoms with van der Waals surface area (Å²) in [4.78, 5) is 21.1. The van der Waals surface area contributed by atoms with Gasteiger partial charge in [-0.15, -0.1) is 0 Å². The zero-order valence-corrected chi connectivity index (χ0v) is 10.9. The minimum Gasteiger partial charge on any atom is -0.412 e. The first kappa shape index (κ1) is 17.1. The van der Waals surface area contributed by atoms with Crippen LogP contribution >= 0.6 is 0 Å². The highest BCUT2D eigenvalue weighted by Crippen LogP contribution is 2.26. The van der Waals surface area contributed by atoms with Crippen LogP contribution in [0.2, 0.25) is 0 Å². The van der Waals surface area contributed by atoms with E-state index in [2.05, 4.69) is 15.3 Å². The summed E-state index contributed by atoms with van der Waals surface area (Å²) in [6, 6.07) is -0.775. The lowest BCUT2D eigenvalue weighted by molar-refractivity contribution is -0.119. The molecule has 1 saturated heterocycles. The Hall–Kier alpha value is -1.92. The number of aliphatic hydroxyl groups is 2. The first-order valence-electron chi connectivity index (χ1n) is 5.84. The van der Waals surface area contributed by atoms with Crippen LogP contribution in [0.5, 0.6) is 0 Å². The topological polar surface area (TPSA) is 194 Å². The SMILES string of the molecule is N=C1N=C2C(N=CN2[C@H]2C[C@H](O)[C@@H](CO)O2)C(=O)N1.O.O. The quantitative estimate of drug-likeness (QED) is 0.402. The van der Waals surface area contributed by atoms with Gasteiger partial charge in [0.1, 0.15) is 12.3 Å². The van der Waals surface area contributed by atoms with Gasteiger partial charge in [-0.1, -0.05) is 0 Å². The number of carbonyl (C=O) groups excluding carboxylic acids is 1. The number of carbonyl (C=O) groups is 1. The second-order valence-electron chi connectivity index (χ2n) is 4.50. The molecular formula is C10H17N5O6. The van der Waals surface area contributed by atoms with Gasteiger partial charge in [0.15, 0.2) is 11.9 Å². The molecule has 4 atom stereocenters. The van der Waals surface area contributed by atoms with Crippen LogP contribution in [-0.2, 0) is 9.53 Å². The smallest absolute Gasteiger partial charge is 0.259 e. The van der Waals surface area contributed by atoms with E-state index in [9.17, 15) is 9.90 Å². The van der Waals surface area contributed by atoms with Crippen molar-refractivity contribution in [2.45, 2.75) is 30.9 Å². The van der Waals surface area contributed by atoms with E-state index in [4.69, 9.17) is 15.3 Å². The number of rotatable bonds is 2. The maximum absolute atomic E-state index is 11.6.